The molecule has 0 unspecified atom stereocenters. The molecule has 0 aliphatic rings. The first-order chi connectivity index (χ1) is 6.74. The number of rotatable bonds is 6. The van der Waals surface area contributed by atoms with Gasteiger partial charge in [0.1, 0.15) is 0 Å². The third kappa shape index (κ3) is 5.14. The first kappa shape index (κ1) is 15.1. The van der Waals surface area contributed by atoms with Crippen molar-refractivity contribution in [2.24, 2.45) is 10.8 Å². The van der Waals surface area contributed by atoms with E-state index in [0.29, 0.717) is 0 Å². The molecular weight excluding hydrogens is 204 g/mol. The Morgan fingerprint density at radius 3 is 1.53 bits per heavy atom. The lowest BCUT2D eigenvalue weighted by atomic mass is 9.71. The highest BCUT2D eigenvalue weighted by Gasteiger charge is 2.37. The summed E-state index contributed by atoms with van der Waals surface area (Å²) < 4.78 is 11.4. The Bertz CT molecular complexity index is 167. The fraction of sp³-hybridized carbons (Fsp3) is 1.00. The second-order valence-corrected chi connectivity index (χ2v) is 7.22. The molecule has 0 fully saturated rings. The van der Waals surface area contributed by atoms with E-state index in [1.807, 2.05) is 13.8 Å². The van der Waals surface area contributed by atoms with Crippen molar-refractivity contribution in [3.8, 4) is 0 Å². The van der Waals surface area contributed by atoms with Crippen molar-refractivity contribution in [2.45, 2.75) is 54.5 Å². The van der Waals surface area contributed by atoms with Crippen LogP contribution in [0.15, 0.2) is 0 Å². The first-order valence-electron chi connectivity index (χ1n) is 5.86. The molecule has 91 valence electrons. The van der Waals surface area contributed by atoms with Crippen molar-refractivity contribution in [3.63, 3.8) is 0 Å². The molecule has 0 rings (SSSR count). The van der Waals surface area contributed by atoms with E-state index in [1.165, 1.54) is 0 Å². The molecule has 15 heavy (non-hydrogen) atoms. The maximum absolute atomic E-state index is 5.69. The van der Waals surface area contributed by atoms with E-state index < -0.39 is 9.28 Å². The molecule has 0 atom stereocenters. The van der Waals surface area contributed by atoms with Crippen LogP contribution in [-0.2, 0) is 8.85 Å². The first-order valence-corrected chi connectivity index (χ1v) is 7.38. The Balaban J connectivity index is 4.37. The molecule has 0 aromatic heterocycles. The summed E-state index contributed by atoms with van der Waals surface area (Å²) in [4.78, 5) is 0. The van der Waals surface area contributed by atoms with Crippen molar-refractivity contribution >= 4 is 9.28 Å². The zero-order valence-corrected chi connectivity index (χ0v) is 12.4. The van der Waals surface area contributed by atoms with E-state index in [-0.39, 0.29) is 10.8 Å². The molecule has 0 heterocycles. The second kappa shape index (κ2) is 6.02. The highest BCUT2D eigenvalue weighted by atomic mass is 28.3. The Morgan fingerprint density at radius 1 is 0.867 bits per heavy atom. The van der Waals surface area contributed by atoms with Crippen LogP contribution in [0.25, 0.3) is 0 Å². The predicted octanol–water partition coefficient (Wildman–Crippen LogP) is 3.62. The average molecular weight is 231 g/mol. The maximum Gasteiger partial charge on any atom is 0.385 e. The quantitative estimate of drug-likeness (QED) is 0.650. The molecule has 0 aliphatic heterocycles. The smallest absolute Gasteiger partial charge is 0.385 e. The average Bonchev–Trinajstić information content (AvgIpc) is 2.02. The third-order valence-electron chi connectivity index (χ3n) is 3.23. The molecular formula is C12H27O2Si. The van der Waals surface area contributed by atoms with E-state index >= 15 is 0 Å². The zero-order chi connectivity index (χ0) is 12.1. The molecule has 0 amide bonds. The van der Waals surface area contributed by atoms with Crippen LogP contribution < -0.4 is 0 Å². The summed E-state index contributed by atoms with van der Waals surface area (Å²) in [6, 6.07) is 1.04. The van der Waals surface area contributed by atoms with Gasteiger partial charge in [0.15, 0.2) is 0 Å². The second-order valence-electron chi connectivity index (χ2n) is 5.55. The number of hydrogen-bond acceptors (Lipinski definition) is 2. The van der Waals surface area contributed by atoms with Crippen LogP contribution in [0, 0.1) is 10.8 Å². The molecule has 0 aliphatic carbocycles. The van der Waals surface area contributed by atoms with Gasteiger partial charge in [-0.1, -0.05) is 34.6 Å². The van der Waals surface area contributed by atoms with Crippen LogP contribution >= 0.6 is 0 Å². The lowest BCUT2D eigenvalue weighted by Crippen LogP contribution is -2.37. The van der Waals surface area contributed by atoms with Crippen LogP contribution in [0.2, 0.25) is 6.04 Å². The summed E-state index contributed by atoms with van der Waals surface area (Å²) in [5, 5.41) is 0. The van der Waals surface area contributed by atoms with Gasteiger partial charge in [0.25, 0.3) is 0 Å². The molecule has 0 saturated carbocycles. The lowest BCUT2D eigenvalue weighted by Gasteiger charge is -2.40. The van der Waals surface area contributed by atoms with Gasteiger partial charge in [-0.05, 0) is 30.7 Å². The lowest BCUT2D eigenvalue weighted by molar-refractivity contribution is 0.128. The highest BCUT2D eigenvalue weighted by Crippen LogP contribution is 2.42. The van der Waals surface area contributed by atoms with E-state index in [9.17, 15) is 0 Å². The molecule has 0 N–H and O–H groups in total. The summed E-state index contributed by atoms with van der Waals surface area (Å²) in [6.45, 7) is 17.0. The highest BCUT2D eigenvalue weighted by molar-refractivity contribution is 6.44. The van der Waals surface area contributed by atoms with Crippen LogP contribution in [0.3, 0.4) is 0 Å². The zero-order valence-electron chi connectivity index (χ0n) is 11.4. The fourth-order valence-corrected chi connectivity index (χ4v) is 3.28. The maximum atomic E-state index is 5.69. The summed E-state index contributed by atoms with van der Waals surface area (Å²) in [7, 11) is -1.09. The minimum absolute atomic E-state index is 0.256. The van der Waals surface area contributed by atoms with Gasteiger partial charge in [-0.25, -0.2) is 0 Å². The van der Waals surface area contributed by atoms with E-state index in [2.05, 4.69) is 34.6 Å². The minimum Gasteiger partial charge on any atom is -0.394 e. The molecule has 0 spiro atoms. The van der Waals surface area contributed by atoms with Crippen LogP contribution in [0.1, 0.15) is 48.5 Å². The Labute approximate surface area is 97.2 Å². The number of hydrogen-bond donors (Lipinski definition) is 0. The fourth-order valence-electron chi connectivity index (χ4n) is 1.09. The molecule has 0 aromatic carbocycles. The van der Waals surface area contributed by atoms with E-state index in [0.717, 1.165) is 19.3 Å². The summed E-state index contributed by atoms with van der Waals surface area (Å²) in [6.07, 6.45) is 0. The molecule has 0 bridgehead atoms. The van der Waals surface area contributed by atoms with E-state index in [1.54, 1.807) is 0 Å². The van der Waals surface area contributed by atoms with Gasteiger partial charge in [-0.2, -0.15) is 0 Å². The molecule has 0 saturated heterocycles. The molecule has 0 aromatic rings. The van der Waals surface area contributed by atoms with Crippen molar-refractivity contribution in [1.29, 1.82) is 0 Å². The molecule has 1 radical (unpaired) electrons. The van der Waals surface area contributed by atoms with Crippen molar-refractivity contribution in [2.75, 3.05) is 13.2 Å². The Kier molecular flexibility index (Phi) is 6.07. The van der Waals surface area contributed by atoms with Gasteiger partial charge in [0, 0.05) is 13.2 Å². The van der Waals surface area contributed by atoms with Crippen LogP contribution in [-0.4, -0.2) is 22.5 Å². The third-order valence-corrected chi connectivity index (χ3v) is 5.62. The van der Waals surface area contributed by atoms with Gasteiger partial charge in [0.2, 0.25) is 0 Å². The SMILES string of the molecule is CCO[Si](CC(C)(C)C(C)(C)C)OCC. The topological polar surface area (TPSA) is 18.5 Å². The monoisotopic (exact) mass is 231 g/mol. The van der Waals surface area contributed by atoms with Crippen molar-refractivity contribution in [3.05, 3.63) is 0 Å². The largest absolute Gasteiger partial charge is 0.394 e. The normalized spacial score (nSPS) is 13.6. The van der Waals surface area contributed by atoms with Gasteiger partial charge in [-0.15, -0.1) is 0 Å². The predicted molar refractivity (Wildman–Crippen MR) is 67.0 cm³/mol. The van der Waals surface area contributed by atoms with Gasteiger partial charge >= 0.3 is 9.28 Å². The van der Waals surface area contributed by atoms with Gasteiger partial charge in [-0.3, -0.25) is 0 Å². The summed E-state index contributed by atoms with van der Waals surface area (Å²) >= 11 is 0. The summed E-state index contributed by atoms with van der Waals surface area (Å²) in [5.74, 6) is 0. The van der Waals surface area contributed by atoms with Crippen LogP contribution in [0.4, 0.5) is 0 Å². The van der Waals surface area contributed by atoms with Crippen molar-refractivity contribution < 1.29 is 8.85 Å². The van der Waals surface area contributed by atoms with Gasteiger partial charge < -0.3 is 8.85 Å². The minimum atomic E-state index is -1.09. The molecule has 3 heteroatoms. The standard InChI is InChI=1S/C12H27O2Si/c1-8-13-15(14-9-2)10-12(6,7)11(3,4)5/h8-10H2,1-7H3. The van der Waals surface area contributed by atoms with Crippen LogP contribution in [0.5, 0.6) is 0 Å². The Morgan fingerprint density at radius 2 is 1.27 bits per heavy atom. The van der Waals surface area contributed by atoms with Gasteiger partial charge in [0.05, 0.1) is 0 Å². The summed E-state index contributed by atoms with van der Waals surface area (Å²) in [5.41, 5.74) is 0.544. The molecule has 2 nitrogen and oxygen atoms in total. The van der Waals surface area contributed by atoms with Crippen molar-refractivity contribution in [1.82, 2.24) is 0 Å². The Hall–Kier alpha value is 0.137. The van der Waals surface area contributed by atoms with E-state index in [4.69, 9.17) is 8.85 Å².